The van der Waals surface area contributed by atoms with E-state index in [-0.39, 0.29) is 23.2 Å². The molecule has 3 nitrogen and oxygen atoms in total. The van der Waals surface area contributed by atoms with Crippen LogP contribution in [0.25, 0.3) is 0 Å². The molecule has 0 aliphatic carbocycles. The fourth-order valence-electron chi connectivity index (χ4n) is 0.955. The number of halogens is 3. The van der Waals surface area contributed by atoms with E-state index in [0.29, 0.717) is 5.69 Å². The molecule has 0 saturated heterocycles. The number of rotatable bonds is 4. The number of nitrogens with one attached hydrogen (secondary N) is 1. The van der Waals surface area contributed by atoms with Gasteiger partial charge in [-0.3, -0.25) is 0 Å². The van der Waals surface area contributed by atoms with Gasteiger partial charge in [0.2, 0.25) is 0 Å². The highest BCUT2D eigenvalue weighted by Gasteiger charge is 2.10. The summed E-state index contributed by atoms with van der Waals surface area (Å²) in [5.41, 5.74) is 0.413. The van der Waals surface area contributed by atoms with E-state index in [4.69, 9.17) is 33.4 Å². The topological polar surface area (TPSA) is 52.5 Å². The standard InChI is InChI=1S/C9H10Cl2FNO2/c10-8-6(12)1-2-7(9(8)11)13-3-5(15)4-14/h1-2,5,13-15H,3-4H2. The Morgan fingerprint density at radius 1 is 1.33 bits per heavy atom. The van der Waals surface area contributed by atoms with E-state index < -0.39 is 11.9 Å². The molecule has 0 fully saturated rings. The van der Waals surface area contributed by atoms with Crippen LogP contribution in [0.5, 0.6) is 0 Å². The van der Waals surface area contributed by atoms with Gasteiger partial charge in [0.05, 0.1) is 28.4 Å². The lowest BCUT2D eigenvalue weighted by atomic mass is 10.3. The Kier molecular flexibility index (Phi) is 4.60. The molecule has 1 atom stereocenters. The molecule has 0 amide bonds. The highest BCUT2D eigenvalue weighted by molar-refractivity contribution is 6.43. The molecule has 1 aromatic rings. The van der Waals surface area contributed by atoms with E-state index in [9.17, 15) is 4.39 Å². The average molecular weight is 254 g/mol. The second-order valence-electron chi connectivity index (χ2n) is 2.94. The lowest BCUT2D eigenvalue weighted by Crippen LogP contribution is -2.23. The first-order valence-corrected chi connectivity index (χ1v) is 4.98. The van der Waals surface area contributed by atoms with Crippen LogP contribution >= 0.6 is 23.2 Å². The molecule has 0 radical (unpaired) electrons. The second-order valence-corrected chi connectivity index (χ2v) is 3.70. The molecule has 0 bridgehead atoms. The van der Waals surface area contributed by atoms with Crippen molar-refractivity contribution in [3.63, 3.8) is 0 Å². The summed E-state index contributed by atoms with van der Waals surface area (Å²) in [6, 6.07) is 2.58. The van der Waals surface area contributed by atoms with Crippen molar-refractivity contribution >= 4 is 28.9 Å². The highest BCUT2D eigenvalue weighted by Crippen LogP contribution is 2.31. The number of hydrogen-bond donors (Lipinski definition) is 3. The number of anilines is 1. The van der Waals surface area contributed by atoms with E-state index in [1.54, 1.807) is 0 Å². The monoisotopic (exact) mass is 253 g/mol. The summed E-state index contributed by atoms with van der Waals surface area (Å²) in [4.78, 5) is 0. The van der Waals surface area contributed by atoms with Crippen LogP contribution in [0, 0.1) is 5.82 Å². The summed E-state index contributed by atoms with van der Waals surface area (Å²) in [6.07, 6.45) is -0.898. The Bertz CT molecular complexity index is 349. The summed E-state index contributed by atoms with van der Waals surface area (Å²) in [6.45, 7) is -0.252. The largest absolute Gasteiger partial charge is 0.394 e. The molecule has 15 heavy (non-hydrogen) atoms. The third-order valence-corrected chi connectivity index (χ3v) is 2.63. The van der Waals surface area contributed by atoms with Crippen molar-refractivity contribution in [1.82, 2.24) is 0 Å². The Balaban J connectivity index is 2.74. The van der Waals surface area contributed by atoms with Crippen molar-refractivity contribution in [3.05, 3.63) is 28.0 Å². The van der Waals surface area contributed by atoms with E-state index in [1.807, 2.05) is 0 Å². The number of aliphatic hydroxyl groups excluding tert-OH is 2. The van der Waals surface area contributed by atoms with Gasteiger partial charge < -0.3 is 15.5 Å². The molecule has 0 spiro atoms. The number of benzene rings is 1. The van der Waals surface area contributed by atoms with Gasteiger partial charge >= 0.3 is 0 Å². The van der Waals surface area contributed by atoms with Crippen LogP contribution in [0.15, 0.2) is 12.1 Å². The normalized spacial score (nSPS) is 12.6. The Labute approximate surface area is 96.4 Å². The van der Waals surface area contributed by atoms with Gasteiger partial charge in [0.1, 0.15) is 5.82 Å². The summed E-state index contributed by atoms with van der Waals surface area (Å²) in [5, 5.41) is 20.3. The minimum atomic E-state index is -0.898. The Morgan fingerprint density at radius 2 is 2.00 bits per heavy atom. The molecular formula is C9H10Cl2FNO2. The van der Waals surface area contributed by atoms with Gasteiger partial charge in [-0.05, 0) is 12.1 Å². The second kappa shape index (κ2) is 5.51. The van der Waals surface area contributed by atoms with Crippen molar-refractivity contribution in [3.8, 4) is 0 Å². The van der Waals surface area contributed by atoms with Crippen molar-refractivity contribution in [1.29, 1.82) is 0 Å². The van der Waals surface area contributed by atoms with Crippen molar-refractivity contribution < 1.29 is 14.6 Å². The zero-order valence-corrected chi connectivity index (χ0v) is 9.19. The minimum Gasteiger partial charge on any atom is -0.394 e. The summed E-state index contributed by atoms with van der Waals surface area (Å²) >= 11 is 11.3. The fourth-order valence-corrected chi connectivity index (χ4v) is 1.34. The first kappa shape index (κ1) is 12.5. The first-order valence-electron chi connectivity index (χ1n) is 4.22. The van der Waals surface area contributed by atoms with Gasteiger partial charge in [-0.1, -0.05) is 23.2 Å². The third kappa shape index (κ3) is 3.21. The van der Waals surface area contributed by atoms with Crippen LogP contribution in [-0.2, 0) is 0 Å². The quantitative estimate of drug-likeness (QED) is 0.719. The molecule has 0 heterocycles. The lowest BCUT2D eigenvalue weighted by molar-refractivity contribution is 0.105. The maximum atomic E-state index is 12.9. The third-order valence-electron chi connectivity index (χ3n) is 1.77. The molecule has 1 aromatic carbocycles. The van der Waals surface area contributed by atoms with Crippen LogP contribution in [-0.4, -0.2) is 29.5 Å². The highest BCUT2D eigenvalue weighted by atomic mass is 35.5. The first-order chi connectivity index (χ1) is 7.06. The molecule has 0 aliphatic rings. The van der Waals surface area contributed by atoms with Gasteiger partial charge in [-0.25, -0.2) is 4.39 Å². The zero-order chi connectivity index (χ0) is 11.4. The lowest BCUT2D eigenvalue weighted by Gasteiger charge is -2.12. The molecule has 1 unspecified atom stereocenters. The van der Waals surface area contributed by atoms with Crippen LogP contribution in [0.3, 0.4) is 0 Å². The molecule has 0 aliphatic heterocycles. The summed E-state index contributed by atoms with van der Waals surface area (Å²) < 4.78 is 12.9. The smallest absolute Gasteiger partial charge is 0.143 e. The molecule has 84 valence electrons. The van der Waals surface area contributed by atoms with Crippen molar-refractivity contribution in [2.45, 2.75) is 6.10 Å². The maximum absolute atomic E-state index is 12.9. The van der Waals surface area contributed by atoms with E-state index >= 15 is 0 Å². The number of aliphatic hydroxyl groups is 2. The van der Waals surface area contributed by atoms with Gasteiger partial charge in [-0.2, -0.15) is 0 Å². The maximum Gasteiger partial charge on any atom is 0.143 e. The number of hydrogen-bond acceptors (Lipinski definition) is 3. The SMILES string of the molecule is OCC(O)CNc1ccc(F)c(Cl)c1Cl. The van der Waals surface area contributed by atoms with Crippen LogP contribution in [0.4, 0.5) is 10.1 Å². The van der Waals surface area contributed by atoms with E-state index in [0.717, 1.165) is 0 Å². The van der Waals surface area contributed by atoms with Crippen LogP contribution in [0.2, 0.25) is 10.0 Å². The predicted octanol–water partition coefficient (Wildman–Crippen LogP) is 1.90. The molecule has 3 N–H and O–H groups in total. The molecule has 0 aromatic heterocycles. The van der Waals surface area contributed by atoms with Crippen molar-refractivity contribution in [2.75, 3.05) is 18.5 Å². The molecule has 6 heteroatoms. The van der Waals surface area contributed by atoms with Gasteiger partial charge in [0, 0.05) is 6.54 Å². The van der Waals surface area contributed by atoms with Gasteiger partial charge in [0.15, 0.2) is 0 Å². The van der Waals surface area contributed by atoms with Crippen LogP contribution in [0.1, 0.15) is 0 Å². The molecular weight excluding hydrogens is 244 g/mol. The van der Waals surface area contributed by atoms with Gasteiger partial charge in [0.25, 0.3) is 0 Å². The van der Waals surface area contributed by atoms with Crippen LogP contribution < -0.4 is 5.32 Å². The predicted molar refractivity (Wildman–Crippen MR) is 58.0 cm³/mol. The zero-order valence-electron chi connectivity index (χ0n) is 7.67. The Morgan fingerprint density at radius 3 is 2.60 bits per heavy atom. The summed E-state index contributed by atoms with van der Waals surface area (Å²) in [7, 11) is 0. The van der Waals surface area contributed by atoms with Gasteiger partial charge in [-0.15, -0.1) is 0 Å². The van der Waals surface area contributed by atoms with E-state index in [2.05, 4.69) is 5.32 Å². The van der Waals surface area contributed by atoms with Crippen molar-refractivity contribution in [2.24, 2.45) is 0 Å². The Hall–Kier alpha value is -0.550. The average Bonchev–Trinajstić information content (AvgIpc) is 2.24. The minimum absolute atomic E-state index is 0.0572. The van der Waals surface area contributed by atoms with E-state index in [1.165, 1.54) is 12.1 Å². The fraction of sp³-hybridized carbons (Fsp3) is 0.333. The molecule has 1 rings (SSSR count). The molecule has 0 saturated carbocycles. The summed E-state index contributed by atoms with van der Waals surface area (Å²) in [5.74, 6) is -0.602.